The number of azide groups is 3. The lowest BCUT2D eigenvalue weighted by Crippen LogP contribution is -2.60. The third kappa shape index (κ3) is 9.26. The smallest absolute Gasteiger partial charge is 0.410 e. The van der Waals surface area contributed by atoms with Crippen molar-refractivity contribution in [2.45, 2.75) is 94.2 Å². The van der Waals surface area contributed by atoms with Crippen LogP contribution in [-0.2, 0) is 36.9 Å². The second-order valence-electron chi connectivity index (χ2n) is 11.2. The van der Waals surface area contributed by atoms with Gasteiger partial charge in [0.15, 0.2) is 6.29 Å². The van der Waals surface area contributed by atoms with Crippen LogP contribution < -0.4 is 0 Å². The van der Waals surface area contributed by atoms with Gasteiger partial charge in [-0.2, -0.15) is 0 Å². The first-order valence-corrected chi connectivity index (χ1v) is 15.2. The highest BCUT2D eigenvalue weighted by Crippen LogP contribution is 2.35. The summed E-state index contributed by atoms with van der Waals surface area (Å²) in [5, 5.41) is 22.3. The Morgan fingerprint density at radius 1 is 0.938 bits per heavy atom. The highest BCUT2D eigenvalue weighted by molar-refractivity contribution is 5.68. The SMILES string of the molecule is CC(=O)O[C@@H]1[C@@H](O)[C@H](O[C@H]2O[C@H]([C@@H](CF)N(Cc3ccccc3)C(=O)OCc3ccccc3)CC[C@H]2N=[N+]=[N-])[C@@H](N=[N+]=[N-])C[C@H]1N=[N+]=[N-]. The summed E-state index contributed by atoms with van der Waals surface area (Å²) in [6.45, 7) is -0.00218. The molecule has 2 fully saturated rings. The molecule has 2 aliphatic rings. The molecule has 1 heterocycles. The second kappa shape index (κ2) is 17.7. The molecule has 48 heavy (non-hydrogen) atoms. The Bertz CT molecular complexity index is 1520. The Morgan fingerprint density at radius 2 is 1.52 bits per heavy atom. The molecule has 1 aliphatic carbocycles. The molecule has 1 saturated carbocycles. The molecule has 4 rings (SSSR count). The molecule has 18 heteroatoms. The minimum atomic E-state index is -1.68. The number of nitrogens with zero attached hydrogens (tertiary/aromatic N) is 10. The molecule has 2 aromatic carbocycles. The van der Waals surface area contributed by atoms with Gasteiger partial charge in [0.05, 0.1) is 36.4 Å². The fourth-order valence-electron chi connectivity index (χ4n) is 5.85. The first kappa shape index (κ1) is 35.8. The Kier molecular flexibility index (Phi) is 13.2. The predicted molar refractivity (Wildman–Crippen MR) is 166 cm³/mol. The average Bonchev–Trinajstić information content (AvgIpc) is 3.09. The molecule has 254 valence electrons. The highest BCUT2D eigenvalue weighted by Gasteiger charge is 2.49. The third-order valence-electron chi connectivity index (χ3n) is 8.10. The van der Waals surface area contributed by atoms with Gasteiger partial charge in [-0.15, -0.1) is 0 Å². The normalized spacial score (nSPS) is 27.1. The number of aliphatic hydroxyl groups is 1. The minimum Gasteiger partial charge on any atom is -0.459 e. The van der Waals surface area contributed by atoms with Gasteiger partial charge in [0.1, 0.15) is 25.5 Å². The van der Waals surface area contributed by atoms with Crippen LogP contribution >= 0.6 is 0 Å². The van der Waals surface area contributed by atoms with Crippen molar-refractivity contribution < 1.29 is 38.0 Å². The molecule has 1 N–H and O–H groups in total. The number of benzene rings is 2. The molecule has 1 aliphatic heterocycles. The summed E-state index contributed by atoms with van der Waals surface area (Å²) in [5.41, 5.74) is 29.0. The number of ether oxygens (including phenoxy) is 4. The Balaban J connectivity index is 1.61. The number of hydrogen-bond donors (Lipinski definition) is 1. The molecule has 2 aromatic rings. The zero-order valence-electron chi connectivity index (χ0n) is 26.0. The molecule has 0 unspecified atom stereocenters. The number of aliphatic hydroxyl groups excluding tert-OH is 1. The van der Waals surface area contributed by atoms with E-state index in [1.165, 1.54) is 4.90 Å². The van der Waals surface area contributed by atoms with Crippen molar-refractivity contribution in [3.8, 4) is 0 Å². The lowest BCUT2D eigenvalue weighted by atomic mass is 9.84. The number of halogens is 1. The topological polar surface area (TPSA) is 241 Å². The predicted octanol–water partition coefficient (Wildman–Crippen LogP) is 5.79. The van der Waals surface area contributed by atoms with Gasteiger partial charge in [-0.1, -0.05) is 76.0 Å². The molecule has 1 amide bonds. The maximum Gasteiger partial charge on any atom is 0.410 e. The van der Waals surface area contributed by atoms with Crippen molar-refractivity contribution >= 4 is 12.1 Å². The van der Waals surface area contributed by atoms with Gasteiger partial charge in [0, 0.05) is 28.2 Å². The van der Waals surface area contributed by atoms with Crippen molar-refractivity contribution in [2.75, 3.05) is 6.67 Å². The van der Waals surface area contributed by atoms with Crippen molar-refractivity contribution in [1.82, 2.24) is 4.90 Å². The summed E-state index contributed by atoms with van der Waals surface area (Å²) in [6, 6.07) is 13.5. The molecule has 9 atom stereocenters. The van der Waals surface area contributed by atoms with Crippen LogP contribution in [0.15, 0.2) is 76.0 Å². The second-order valence-corrected chi connectivity index (χ2v) is 11.2. The Hall–Kier alpha value is -5.08. The van der Waals surface area contributed by atoms with Crippen molar-refractivity contribution in [1.29, 1.82) is 0 Å². The summed E-state index contributed by atoms with van der Waals surface area (Å²) in [5.74, 6) is -0.775. The molecule has 0 aromatic heterocycles. The number of rotatable bonds is 13. The third-order valence-corrected chi connectivity index (χ3v) is 8.10. The summed E-state index contributed by atoms with van der Waals surface area (Å²) in [4.78, 5) is 35.0. The van der Waals surface area contributed by atoms with E-state index in [9.17, 15) is 25.8 Å². The van der Waals surface area contributed by atoms with E-state index in [2.05, 4.69) is 30.1 Å². The first-order valence-electron chi connectivity index (χ1n) is 15.2. The number of carbonyl (C=O) groups excluding carboxylic acids is 2. The lowest BCUT2D eigenvalue weighted by molar-refractivity contribution is -0.261. The van der Waals surface area contributed by atoms with Crippen LogP contribution in [0, 0.1) is 0 Å². The minimum absolute atomic E-state index is 0.0145. The maximum atomic E-state index is 15.0. The van der Waals surface area contributed by atoms with E-state index in [1.54, 1.807) is 54.6 Å². The summed E-state index contributed by atoms with van der Waals surface area (Å²) in [7, 11) is 0. The summed E-state index contributed by atoms with van der Waals surface area (Å²) >= 11 is 0. The molecular weight excluding hydrogens is 631 g/mol. The number of alkyl halides is 1. The van der Waals surface area contributed by atoms with Crippen molar-refractivity contribution in [3.63, 3.8) is 0 Å². The van der Waals surface area contributed by atoms with E-state index in [-0.39, 0.29) is 32.4 Å². The summed E-state index contributed by atoms with van der Waals surface area (Å²) < 4.78 is 38.2. The van der Waals surface area contributed by atoms with Gasteiger partial charge in [-0.3, -0.25) is 9.69 Å². The van der Waals surface area contributed by atoms with Crippen LogP contribution in [0.3, 0.4) is 0 Å². The zero-order chi connectivity index (χ0) is 34.5. The zero-order valence-corrected chi connectivity index (χ0v) is 26.0. The Labute approximate surface area is 274 Å². The van der Waals surface area contributed by atoms with E-state index in [1.807, 2.05) is 6.07 Å². The standard InChI is InChI=1S/C30H35FN10O7/c1-18(42)46-27-22(36-39-33)14-23(37-40-34)28(26(27)43)48-29-21(35-38-32)12-13-25(47-29)24(15-31)41(16-19-8-4-2-5-9-19)30(44)45-17-20-10-6-3-7-11-20/h2-11,21-29,43H,12-17H2,1H3/t21-,22-,23+,24-,25+,26-,27+,28-,29-/m1/s1. The number of esters is 1. The van der Waals surface area contributed by atoms with Gasteiger partial charge in [-0.05, 0) is 47.0 Å². The van der Waals surface area contributed by atoms with Crippen molar-refractivity contribution in [2.24, 2.45) is 15.3 Å². The van der Waals surface area contributed by atoms with Crippen LogP contribution in [0.5, 0.6) is 0 Å². The van der Waals surface area contributed by atoms with Crippen LogP contribution in [0.1, 0.15) is 37.3 Å². The number of carbonyl (C=O) groups is 2. The van der Waals surface area contributed by atoms with Gasteiger partial charge < -0.3 is 24.1 Å². The van der Waals surface area contributed by atoms with Crippen LogP contribution in [-0.4, -0.2) is 83.6 Å². The van der Waals surface area contributed by atoms with Gasteiger partial charge in [-0.25, -0.2) is 9.18 Å². The molecule has 17 nitrogen and oxygen atoms in total. The van der Waals surface area contributed by atoms with Crippen molar-refractivity contribution in [3.05, 3.63) is 103 Å². The quantitative estimate of drug-likeness (QED) is 0.119. The monoisotopic (exact) mass is 666 g/mol. The van der Waals surface area contributed by atoms with E-state index < -0.39 is 73.6 Å². The fraction of sp³-hybridized carbons (Fsp3) is 0.533. The number of hydrogen-bond acceptors (Lipinski definition) is 10. The van der Waals surface area contributed by atoms with E-state index in [0.29, 0.717) is 5.56 Å². The molecule has 0 radical (unpaired) electrons. The first-order chi connectivity index (χ1) is 23.3. The highest BCUT2D eigenvalue weighted by atomic mass is 19.1. The largest absolute Gasteiger partial charge is 0.459 e. The van der Waals surface area contributed by atoms with E-state index in [0.717, 1.165) is 12.5 Å². The molecule has 0 bridgehead atoms. The Morgan fingerprint density at radius 3 is 2.10 bits per heavy atom. The van der Waals surface area contributed by atoms with E-state index in [4.69, 9.17) is 24.5 Å². The van der Waals surface area contributed by atoms with Gasteiger partial charge >= 0.3 is 12.1 Å². The molecule has 1 saturated heterocycles. The molecule has 0 spiro atoms. The van der Waals surface area contributed by atoms with Gasteiger partial charge in [0.2, 0.25) is 0 Å². The fourth-order valence-corrected chi connectivity index (χ4v) is 5.85. The van der Waals surface area contributed by atoms with Crippen LogP contribution in [0.25, 0.3) is 31.3 Å². The summed E-state index contributed by atoms with van der Waals surface area (Å²) in [6.07, 6.45) is -7.53. The number of amides is 1. The maximum absolute atomic E-state index is 15.0. The lowest BCUT2D eigenvalue weighted by Gasteiger charge is -2.45. The average molecular weight is 667 g/mol. The van der Waals surface area contributed by atoms with Gasteiger partial charge in [0.25, 0.3) is 0 Å². The van der Waals surface area contributed by atoms with E-state index >= 15 is 4.39 Å². The van der Waals surface area contributed by atoms with Crippen LogP contribution in [0.4, 0.5) is 9.18 Å². The molecular formula is C30H35FN10O7. The van der Waals surface area contributed by atoms with Crippen LogP contribution in [0.2, 0.25) is 0 Å².